The minimum atomic E-state index is -0.634. The molecule has 0 spiro atoms. The number of para-hydroxylation sites is 1. The lowest BCUT2D eigenvalue weighted by Crippen LogP contribution is -2.07. The van der Waals surface area contributed by atoms with Crippen LogP contribution in [-0.4, -0.2) is 12.6 Å². The summed E-state index contributed by atoms with van der Waals surface area (Å²) in [5.74, 6) is -0.634. The topological polar surface area (TPSA) is 74.2 Å². The Labute approximate surface area is 135 Å². The van der Waals surface area contributed by atoms with Gasteiger partial charge < -0.3 is 15.4 Å². The predicted octanol–water partition coefficient (Wildman–Crippen LogP) is 3.81. The number of nitriles is 1. The van der Waals surface area contributed by atoms with Crippen LogP contribution in [0.3, 0.4) is 0 Å². The summed E-state index contributed by atoms with van der Waals surface area (Å²) in [6.45, 7) is 1.93. The van der Waals surface area contributed by atoms with Crippen molar-refractivity contribution in [2.45, 2.75) is 6.92 Å². The molecule has 0 bridgehead atoms. The van der Waals surface area contributed by atoms with Gasteiger partial charge in [-0.15, -0.1) is 0 Å². The summed E-state index contributed by atoms with van der Waals surface area (Å²) in [6.07, 6.45) is 1.34. The van der Waals surface area contributed by atoms with Gasteiger partial charge in [0.15, 0.2) is 5.57 Å². The normalized spacial score (nSPS) is 10.5. The van der Waals surface area contributed by atoms with Gasteiger partial charge >= 0.3 is 5.97 Å². The van der Waals surface area contributed by atoms with E-state index < -0.39 is 5.97 Å². The number of hydrogen-bond donors (Lipinski definition) is 2. The second-order valence-electron chi connectivity index (χ2n) is 4.60. The lowest BCUT2D eigenvalue weighted by Gasteiger charge is -2.07. The third kappa shape index (κ3) is 4.90. The summed E-state index contributed by atoms with van der Waals surface area (Å²) in [7, 11) is 0. The third-order valence-electron chi connectivity index (χ3n) is 2.95. The van der Waals surface area contributed by atoms with E-state index in [-0.39, 0.29) is 12.2 Å². The first-order chi connectivity index (χ1) is 11.2. The van der Waals surface area contributed by atoms with Crippen LogP contribution in [0.1, 0.15) is 6.92 Å². The molecule has 2 aromatic rings. The van der Waals surface area contributed by atoms with Crippen molar-refractivity contribution < 1.29 is 9.53 Å². The average Bonchev–Trinajstić information content (AvgIpc) is 2.58. The van der Waals surface area contributed by atoms with Crippen molar-refractivity contribution in [3.05, 3.63) is 66.4 Å². The minimum absolute atomic E-state index is 0.0710. The van der Waals surface area contributed by atoms with Gasteiger partial charge in [-0.2, -0.15) is 5.26 Å². The Hall–Kier alpha value is -3.26. The first-order valence-electron chi connectivity index (χ1n) is 7.19. The van der Waals surface area contributed by atoms with Crippen LogP contribution in [0, 0.1) is 11.3 Å². The number of esters is 1. The number of nitrogens with zero attached hydrogens (tertiary/aromatic N) is 1. The quantitative estimate of drug-likeness (QED) is 0.482. The van der Waals surface area contributed by atoms with Crippen LogP contribution in [0.15, 0.2) is 66.4 Å². The molecule has 2 rings (SSSR count). The van der Waals surface area contributed by atoms with Gasteiger partial charge in [-0.05, 0) is 43.3 Å². The second kappa shape index (κ2) is 8.25. The van der Waals surface area contributed by atoms with E-state index in [0.29, 0.717) is 0 Å². The van der Waals surface area contributed by atoms with Gasteiger partial charge in [-0.1, -0.05) is 18.2 Å². The van der Waals surface area contributed by atoms with E-state index in [1.54, 1.807) is 6.92 Å². The highest BCUT2D eigenvalue weighted by atomic mass is 16.5. The molecular formula is C18H17N3O2. The largest absolute Gasteiger partial charge is 0.462 e. The molecule has 0 heterocycles. The summed E-state index contributed by atoms with van der Waals surface area (Å²) in [4.78, 5) is 11.5. The Bertz CT molecular complexity index is 716. The highest BCUT2D eigenvalue weighted by Crippen LogP contribution is 2.18. The molecule has 0 radical (unpaired) electrons. The van der Waals surface area contributed by atoms with E-state index in [0.717, 1.165) is 17.1 Å². The highest BCUT2D eigenvalue weighted by molar-refractivity contribution is 5.93. The third-order valence-corrected chi connectivity index (χ3v) is 2.95. The molecule has 116 valence electrons. The van der Waals surface area contributed by atoms with Gasteiger partial charge in [0.2, 0.25) is 0 Å². The summed E-state index contributed by atoms with van der Waals surface area (Å²) >= 11 is 0. The Morgan fingerprint density at radius 1 is 1.09 bits per heavy atom. The van der Waals surface area contributed by atoms with Crippen LogP contribution >= 0.6 is 0 Å². The summed E-state index contributed by atoms with van der Waals surface area (Å²) in [5.41, 5.74) is 2.64. The van der Waals surface area contributed by atoms with Crippen molar-refractivity contribution in [2.75, 3.05) is 17.2 Å². The number of hydrogen-bond acceptors (Lipinski definition) is 5. The van der Waals surface area contributed by atoms with Crippen molar-refractivity contribution in [1.82, 2.24) is 0 Å². The van der Waals surface area contributed by atoms with Gasteiger partial charge in [-0.3, -0.25) is 0 Å². The number of benzene rings is 2. The van der Waals surface area contributed by atoms with E-state index in [1.165, 1.54) is 6.20 Å². The second-order valence-corrected chi connectivity index (χ2v) is 4.60. The molecular weight excluding hydrogens is 290 g/mol. The predicted molar refractivity (Wildman–Crippen MR) is 90.1 cm³/mol. The number of rotatable bonds is 6. The van der Waals surface area contributed by atoms with Gasteiger partial charge in [0.1, 0.15) is 6.07 Å². The van der Waals surface area contributed by atoms with Gasteiger partial charge in [0, 0.05) is 23.3 Å². The zero-order valence-electron chi connectivity index (χ0n) is 12.7. The van der Waals surface area contributed by atoms with Crippen molar-refractivity contribution >= 4 is 23.0 Å². The highest BCUT2D eigenvalue weighted by Gasteiger charge is 2.08. The lowest BCUT2D eigenvalue weighted by molar-refractivity contribution is -0.138. The van der Waals surface area contributed by atoms with Crippen LogP contribution in [0.25, 0.3) is 0 Å². The maximum atomic E-state index is 11.5. The molecule has 0 saturated heterocycles. The monoisotopic (exact) mass is 307 g/mol. The molecule has 0 saturated carbocycles. The molecule has 2 N–H and O–H groups in total. The van der Waals surface area contributed by atoms with E-state index in [1.807, 2.05) is 60.7 Å². The fourth-order valence-corrected chi connectivity index (χ4v) is 1.84. The zero-order chi connectivity index (χ0) is 16.5. The molecule has 0 aromatic heterocycles. The molecule has 0 unspecified atom stereocenters. The number of carbonyl (C=O) groups is 1. The fourth-order valence-electron chi connectivity index (χ4n) is 1.84. The molecule has 0 aliphatic rings. The summed E-state index contributed by atoms with van der Waals surface area (Å²) in [6, 6.07) is 19.2. The van der Waals surface area contributed by atoms with Crippen LogP contribution < -0.4 is 10.6 Å². The van der Waals surface area contributed by atoms with Crippen molar-refractivity contribution in [2.24, 2.45) is 0 Å². The molecule has 0 amide bonds. The number of nitrogens with one attached hydrogen (secondary N) is 2. The van der Waals surface area contributed by atoms with Crippen LogP contribution in [-0.2, 0) is 9.53 Å². The van der Waals surface area contributed by atoms with Crippen molar-refractivity contribution in [3.63, 3.8) is 0 Å². The Morgan fingerprint density at radius 3 is 2.30 bits per heavy atom. The molecule has 23 heavy (non-hydrogen) atoms. The van der Waals surface area contributed by atoms with Crippen molar-refractivity contribution in [3.8, 4) is 6.07 Å². The number of anilines is 3. The first-order valence-corrected chi connectivity index (χ1v) is 7.19. The van der Waals surface area contributed by atoms with Gasteiger partial charge in [0.25, 0.3) is 0 Å². The van der Waals surface area contributed by atoms with Crippen molar-refractivity contribution in [1.29, 1.82) is 5.26 Å². The average molecular weight is 307 g/mol. The molecule has 5 nitrogen and oxygen atoms in total. The lowest BCUT2D eigenvalue weighted by atomic mass is 10.2. The molecule has 0 aliphatic heterocycles. The van der Waals surface area contributed by atoms with Gasteiger partial charge in [-0.25, -0.2) is 4.79 Å². The number of ether oxygens (including phenoxy) is 1. The Balaban J connectivity index is 2.00. The Kier molecular flexibility index (Phi) is 5.78. The van der Waals surface area contributed by atoms with E-state index in [4.69, 9.17) is 10.00 Å². The standard InChI is InChI=1S/C18H17N3O2/c1-2-23-18(22)14(12-19)13-20-15-8-10-17(11-9-15)21-16-6-4-3-5-7-16/h3-11,13,20-21H,2H2,1H3. The molecule has 5 heteroatoms. The Morgan fingerprint density at radius 2 is 1.70 bits per heavy atom. The van der Waals surface area contributed by atoms with Crippen LogP contribution in [0.5, 0.6) is 0 Å². The molecule has 2 aromatic carbocycles. The van der Waals surface area contributed by atoms with Crippen LogP contribution in [0.4, 0.5) is 17.1 Å². The molecule has 0 fully saturated rings. The number of carbonyl (C=O) groups excluding carboxylic acids is 1. The van der Waals surface area contributed by atoms with Crippen LogP contribution in [0.2, 0.25) is 0 Å². The molecule has 0 aliphatic carbocycles. The minimum Gasteiger partial charge on any atom is -0.462 e. The fraction of sp³-hybridized carbons (Fsp3) is 0.111. The maximum Gasteiger partial charge on any atom is 0.350 e. The van der Waals surface area contributed by atoms with E-state index >= 15 is 0 Å². The smallest absolute Gasteiger partial charge is 0.350 e. The summed E-state index contributed by atoms with van der Waals surface area (Å²) in [5, 5.41) is 15.1. The van der Waals surface area contributed by atoms with Gasteiger partial charge in [0.05, 0.1) is 6.61 Å². The van der Waals surface area contributed by atoms with E-state index in [9.17, 15) is 4.79 Å². The van der Waals surface area contributed by atoms with E-state index in [2.05, 4.69) is 10.6 Å². The zero-order valence-corrected chi connectivity index (χ0v) is 12.7. The molecule has 0 atom stereocenters. The summed E-state index contributed by atoms with van der Waals surface area (Å²) < 4.78 is 4.79. The maximum absolute atomic E-state index is 11.5. The first kappa shape index (κ1) is 16.1. The SMILES string of the molecule is CCOC(=O)C(C#N)=CNc1ccc(Nc2ccccc2)cc1.